The SMILES string of the molecule is c1ccc2c(c1)-c1ccccc1C21c2ccccc2-c2ccc(-c3ccc(-c4ccc(-c5ccc6c(c5)C5(c7ccccc7-c7ccccc75)c5ccccc5-6)cc4)cc3)cc21. The van der Waals surface area contributed by atoms with E-state index in [2.05, 4.69) is 231 Å². The van der Waals surface area contributed by atoms with Gasteiger partial charge in [-0.1, -0.05) is 218 Å². The van der Waals surface area contributed by atoms with E-state index in [0.29, 0.717) is 0 Å². The third kappa shape index (κ3) is 4.21. The smallest absolute Gasteiger partial charge is 0.0619 e. The molecule has 286 valence electrons. The van der Waals surface area contributed by atoms with Gasteiger partial charge in [0.25, 0.3) is 0 Å². The van der Waals surface area contributed by atoms with Gasteiger partial charge in [0.15, 0.2) is 0 Å². The van der Waals surface area contributed by atoms with Gasteiger partial charge < -0.3 is 0 Å². The lowest BCUT2D eigenvalue weighted by molar-refractivity contribution is 0.794. The number of hydrogen-bond acceptors (Lipinski definition) is 0. The van der Waals surface area contributed by atoms with Crippen molar-refractivity contribution in [3.8, 4) is 77.9 Å². The largest absolute Gasteiger partial charge is 0.0725 e. The number of hydrogen-bond donors (Lipinski definition) is 0. The van der Waals surface area contributed by atoms with E-state index in [-0.39, 0.29) is 10.8 Å². The van der Waals surface area contributed by atoms with Gasteiger partial charge in [-0.15, -0.1) is 0 Å². The van der Waals surface area contributed by atoms with Crippen molar-refractivity contribution in [2.24, 2.45) is 0 Å². The maximum absolute atomic E-state index is 2.47. The lowest BCUT2D eigenvalue weighted by Crippen LogP contribution is -2.25. The van der Waals surface area contributed by atoms with Gasteiger partial charge >= 0.3 is 0 Å². The Morgan fingerprint density at radius 2 is 0.355 bits per heavy atom. The van der Waals surface area contributed by atoms with Crippen LogP contribution in [0.15, 0.2) is 231 Å². The van der Waals surface area contributed by atoms with Crippen LogP contribution in [0.1, 0.15) is 44.5 Å². The van der Waals surface area contributed by atoms with Gasteiger partial charge in [0.2, 0.25) is 0 Å². The molecule has 14 rings (SSSR count). The monoisotopic (exact) mass is 782 g/mol. The summed E-state index contributed by atoms with van der Waals surface area (Å²) in [6.07, 6.45) is 0. The van der Waals surface area contributed by atoms with E-state index in [4.69, 9.17) is 0 Å². The van der Waals surface area contributed by atoms with Crippen molar-refractivity contribution in [2.75, 3.05) is 0 Å². The average molecular weight is 783 g/mol. The second kappa shape index (κ2) is 12.4. The molecule has 2 spiro atoms. The summed E-state index contributed by atoms with van der Waals surface area (Å²) in [5, 5.41) is 0. The Bertz CT molecular complexity index is 3150. The first-order chi connectivity index (χ1) is 30.7. The van der Waals surface area contributed by atoms with Crippen molar-refractivity contribution < 1.29 is 0 Å². The van der Waals surface area contributed by atoms with Crippen molar-refractivity contribution in [3.63, 3.8) is 0 Å². The second-order valence-corrected chi connectivity index (χ2v) is 17.4. The molecule has 4 aliphatic carbocycles. The molecule has 0 unspecified atom stereocenters. The second-order valence-electron chi connectivity index (χ2n) is 17.4. The standard InChI is InChI=1S/C62H38/c1-7-19-53-45(13-1)46-14-2-8-20-54(46)61(53)57-23-11-5-17-49(57)51-35-33-43(37-59(51)61)41-29-25-39(26-30-41)40-27-31-42(32-28-40)44-34-36-52-50-18-6-12-24-58(50)62(60(52)38-44)55-21-9-3-15-47(55)48-16-4-10-22-56(48)62/h1-38H. The van der Waals surface area contributed by atoms with Gasteiger partial charge in [-0.05, 0) is 135 Å². The molecule has 10 aromatic rings. The summed E-state index contributed by atoms with van der Waals surface area (Å²) in [4.78, 5) is 0. The minimum Gasteiger partial charge on any atom is -0.0619 e. The van der Waals surface area contributed by atoms with E-state index in [9.17, 15) is 0 Å². The number of fused-ring (bicyclic) bond motifs is 20. The topological polar surface area (TPSA) is 0 Å². The Hall–Kier alpha value is -7.80. The van der Waals surface area contributed by atoms with Crippen LogP contribution >= 0.6 is 0 Å². The van der Waals surface area contributed by atoms with Gasteiger partial charge in [-0.25, -0.2) is 0 Å². The molecule has 0 aliphatic heterocycles. The Balaban J connectivity index is 0.824. The highest BCUT2D eigenvalue weighted by Gasteiger charge is 2.53. The molecule has 62 heavy (non-hydrogen) atoms. The van der Waals surface area contributed by atoms with Crippen LogP contribution in [0.5, 0.6) is 0 Å². The van der Waals surface area contributed by atoms with Crippen molar-refractivity contribution in [2.45, 2.75) is 10.8 Å². The van der Waals surface area contributed by atoms with E-state index < -0.39 is 0 Å². The maximum atomic E-state index is 2.47. The molecule has 0 heteroatoms. The lowest BCUT2D eigenvalue weighted by atomic mass is 9.70. The van der Waals surface area contributed by atoms with Crippen LogP contribution in [0.3, 0.4) is 0 Å². The molecule has 0 amide bonds. The van der Waals surface area contributed by atoms with Gasteiger partial charge in [-0.3, -0.25) is 0 Å². The predicted molar refractivity (Wildman–Crippen MR) is 255 cm³/mol. The van der Waals surface area contributed by atoms with E-state index in [1.807, 2.05) is 0 Å². The quantitative estimate of drug-likeness (QED) is 0.167. The minimum absolute atomic E-state index is 0.341. The highest BCUT2D eigenvalue weighted by molar-refractivity contribution is 5.98. The molecular weight excluding hydrogens is 745 g/mol. The lowest BCUT2D eigenvalue weighted by Gasteiger charge is -2.30. The van der Waals surface area contributed by atoms with Gasteiger partial charge in [0.05, 0.1) is 10.8 Å². The number of rotatable bonds is 3. The first-order valence-corrected chi connectivity index (χ1v) is 21.8. The molecule has 0 nitrogen and oxygen atoms in total. The normalized spacial score (nSPS) is 14.4. The van der Waals surface area contributed by atoms with Crippen LogP contribution in [0.4, 0.5) is 0 Å². The van der Waals surface area contributed by atoms with Crippen molar-refractivity contribution in [3.05, 3.63) is 275 Å². The molecule has 0 saturated carbocycles. The summed E-state index contributed by atoms with van der Waals surface area (Å²) in [6, 6.07) is 86.8. The van der Waals surface area contributed by atoms with E-state index in [1.54, 1.807) is 0 Å². The fourth-order valence-electron chi connectivity index (χ4n) is 12.3. The van der Waals surface area contributed by atoms with Crippen molar-refractivity contribution in [1.29, 1.82) is 0 Å². The Labute approximate surface area is 362 Å². The fourth-order valence-corrected chi connectivity index (χ4v) is 12.3. The molecule has 0 fully saturated rings. The molecular formula is C62H38. The van der Waals surface area contributed by atoms with Gasteiger partial charge in [-0.2, -0.15) is 0 Å². The third-order valence-corrected chi connectivity index (χ3v) is 14.8. The summed E-state index contributed by atoms with van der Waals surface area (Å²) in [5.74, 6) is 0. The molecule has 10 aromatic carbocycles. The highest BCUT2D eigenvalue weighted by Crippen LogP contribution is 2.64. The molecule has 4 aliphatic rings. The highest BCUT2D eigenvalue weighted by atomic mass is 14.5. The zero-order valence-electron chi connectivity index (χ0n) is 33.9. The summed E-state index contributed by atoms with van der Waals surface area (Å²) < 4.78 is 0. The van der Waals surface area contributed by atoms with Crippen LogP contribution in [-0.4, -0.2) is 0 Å². The average Bonchev–Trinajstić information content (AvgIpc) is 4.03. The minimum atomic E-state index is -0.341. The Kier molecular flexibility index (Phi) is 6.78. The zero-order chi connectivity index (χ0) is 40.6. The predicted octanol–water partition coefficient (Wildman–Crippen LogP) is 15.4. The Morgan fingerprint density at radius 1 is 0.161 bits per heavy atom. The molecule has 0 saturated heterocycles. The Morgan fingerprint density at radius 3 is 0.613 bits per heavy atom. The van der Waals surface area contributed by atoms with E-state index in [1.165, 1.54) is 122 Å². The molecule has 0 atom stereocenters. The molecule has 0 bridgehead atoms. The van der Waals surface area contributed by atoms with Crippen LogP contribution in [0, 0.1) is 0 Å². The summed E-state index contributed by atoms with van der Waals surface area (Å²) in [5.41, 5.74) is 28.3. The van der Waals surface area contributed by atoms with E-state index >= 15 is 0 Å². The summed E-state index contributed by atoms with van der Waals surface area (Å²) >= 11 is 0. The maximum Gasteiger partial charge on any atom is 0.0725 e. The molecule has 0 radical (unpaired) electrons. The van der Waals surface area contributed by atoms with Crippen LogP contribution in [-0.2, 0) is 10.8 Å². The van der Waals surface area contributed by atoms with Crippen LogP contribution < -0.4 is 0 Å². The molecule has 0 aromatic heterocycles. The zero-order valence-corrected chi connectivity index (χ0v) is 33.9. The summed E-state index contributed by atoms with van der Waals surface area (Å²) in [7, 11) is 0. The van der Waals surface area contributed by atoms with Crippen LogP contribution in [0.2, 0.25) is 0 Å². The van der Waals surface area contributed by atoms with E-state index in [0.717, 1.165) is 0 Å². The first-order valence-electron chi connectivity index (χ1n) is 21.8. The molecule has 0 N–H and O–H groups in total. The number of benzene rings is 10. The van der Waals surface area contributed by atoms with Gasteiger partial charge in [0, 0.05) is 0 Å². The van der Waals surface area contributed by atoms with Crippen molar-refractivity contribution >= 4 is 0 Å². The van der Waals surface area contributed by atoms with Gasteiger partial charge in [0.1, 0.15) is 0 Å². The fraction of sp³-hybridized carbons (Fsp3) is 0.0323. The summed E-state index contributed by atoms with van der Waals surface area (Å²) in [6.45, 7) is 0. The first kappa shape index (κ1) is 34.0. The third-order valence-electron chi connectivity index (χ3n) is 14.8. The molecule has 0 heterocycles. The van der Waals surface area contributed by atoms with Crippen LogP contribution in [0.25, 0.3) is 77.9 Å². The van der Waals surface area contributed by atoms with Crippen molar-refractivity contribution in [1.82, 2.24) is 0 Å².